The Labute approximate surface area is 171 Å². The first kappa shape index (κ1) is 20.3. The second-order valence-electron chi connectivity index (χ2n) is 7.14. The van der Waals surface area contributed by atoms with Crippen molar-refractivity contribution in [1.29, 1.82) is 0 Å². The highest BCUT2D eigenvalue weighted by atomic mass is 19.4. The zero-order valence-corrected chi connectivity index (χ0v) is 16.9. The molecule has 4 aromatic rings. The lowest BCUT2D eigenvalue weighted by Crippen LogP contribution is -2.27. The van der Waals surface area contributed by atoms with Crippen LogP contribution in [0.25, 0.3) is 22.1 Å². The molecule has 0 N–H and O–H groups in total. The zero-order chi connectivity index (χ0) is 21.3. The topological polar surface area (TPSA) is 51.8 Å². The van der Waals surface area contributed by atoms with E-state index in [1.807, 2.05) is 28.8 Å². The lowest BCUT2D eigenvalue weighted by Gasteiger charge is -2.19. The van der Waals surface area contributed by atoms with E-state index in [9.17, 15) is 13.2 Å². The molecule has 2 aromatic heterocycles. The summed E-state index contributed by atoms with van der Waals surface area (Å²) in [4.78, 5) is 6.82. The average Bonchev–Trinajstić information content (AvgIpc) is 3.29. The van der Waals surface area contributed by atoms with E-state index in [-0.39, 0.29) is 0 Å². The van der Waals surface area contributed by atoms with Crippen LogP contribution in [-0.4, -0.2) is 49.1 Å². The summed E-state index contributed by atoms with van der Waals surface area (Å²) in [5.41, 5.74) is 1.96. The summed E-state index contributed by atoms with van der Waals surface area (Å²) in [6.07, 6.45) is -4.40. The minimum Gasteiger partial charge on any atom is -0.325 e. The van der Waals surface area contributed by atoms with Crippen molar-refractivity contribution < 1.29 is 13.2 Å². The van der Waals surface area contributed by atoms with Gasteiger partial charge >= 0.3 is 6.18 Å². The summed E-state index contributed by atoms with van der Waals surface area (Å²) < 4.78 is 43.3. The molecule has 0 saturated carbocycles. The minimum atomic E-state index is -4.40. The second-order valence-corrected chi connectivity index (χ2v) is 7.14. The monoisotopic (exact) mass is 416 g/mol. The van der Waals surface area contributed by atoms with Gasteiger partial charge in [-0.25, -0.2) is 9.67 Å². The standard InChI is InChI=1S/C21H23F3N6/c1-3-28(4-2)11-12-29-18-10-9-15(21(22,23)24)13-17(18)25-20(29)14-30-19-8-6-5-7-16(19)26-27-30/h5-10,13H,3-4,11-12,14H2,1-2H3. The molecule has 0 unspecified atom stereocenters. The van der Waals surface area contributed by atoms with Gasteiger partial charge in [-0.15, -0.1) is 5.10 Å². The fraction of sp³-hybridized carbons (Fsp3) is 0.381. The van der Waals surface area contributed by atoms with Crippen molar-refractivity contribution in [3.8, 4) is 0 Å². The van der Waals surface area contributed by atoms with Gasteiger partial charge in [0, 0.05) is 13.1 Å². The van der Waals surface area contributed by atoms with Gasteiger partial charge in [-0.3, -0.25) is 0 Å². The molecular formula is C21H23F3N6. The van der Waals surface area contributed by atoms with Crippen LogP contribution in [0.5, 0.6) is 0 Å². The Hall–Kier alpha value is -2.94. The molecule has 30 heavy (non-hydrogen) atoms. The van der Waals surface area contributed by atoms with Gasteiger partial charge in [0.1, 0.15) is 17.9 Å². The molecule has 0 spiro atoms. The van der Waals surface area contributed by atoms with Crippen molar-refractivity contribution in [3.63, 3.8) is 0 Å². The maximum Gasteiger partial charge on any atom is 0.416 e. The van der Waals surface area contributed by atoms with Gasteiger partial charge in [0.25, 0.3) is 0 Å². The van der Waals surface area contributed by atoms with Crippen molar-refractivity contribution in [2.75, 3.05) is 19.6 Å². The molecule has 0 amide bonds. The van der Waals surface area contributed by atoms with Gasteiger partial charge < -0.3 is 9.47 Å². The predicted molar refractivity (Wildman–Crippen MR) is 109 cm³/mol. The number of likely N-dealkylation sites (N-methyl/N-ethyl adjacent to an activating group) is 1. The van der Waals surface area contributed by atoms with E-state index in [1.54, 1.807) is 4.68 Å². The molecule has 0 bridgehead atoms. The van der Waals surface area contributed by atoms with Crippen molar-refractivity contribution in [3.05, 3.63) is 53.9 Å². The van der Waals surface area contributed by atoms with E-state index in [0.29, 0.717) is 29.9 Å². The number of halogens is 3. The summed E-state index contributed by atoms with van der Waals surface area (Å²) >= 11 is 0. The summed E-state index contributed by atoms with van der Waals surface area (Å²) in [7, 11) is 0. The molecule has 0 saturated heterocycles. The Kier molecular flexibility index (Phi) is 5.46. The number of alkyl halides is 3. The van der Waals surface area contributed by atoms with E-state index >= 15 is 0 Å². The normalized spacial score (nSPS) is 12.5. The molecule has 0 atom stereocenters. The smallest absolute Gasteiger partial charge is 0.325 e. The van der Waals surface area contributed by atoms with Gasteiger partial charge in [-0.2, -0.15) is 13.2 Å². The third-order valence-electron chi connectivity index (χ3n) is 5.40. The second kappa shape index (κ2) is 8.06. The van der Waals surface area contributed by atoms with Crippen LogP contribution in [0.15, 0.2) is 42.5 Å². The molecule has 0 aliphatic rings. The quantitative estimate of drug-likeness (QED) is 0.453. The number of hydrogen-bond acceptors (Lipinski definition) is 4. The molecule has 6 nitrogen and oxygen atoms in total. The summed E-state index contributed by atoms with van der Waals surface area (Å²) in [5, 5.41) is 8.37. The van der Waals surface area contributed by atoms with Crippen LogP contribution in [0.4, 0.5) is 13.2 Å². The molecule has 0 radical (unpaired) electrons. The number of para-hydroxylation sites is 1. The van der Waals surface area contributed by atoms with Crippen LogP contribution < -0.4 is 0 Å². The van der Waals surface area contributed by atoms with E-state index in [4.69, 9.17) is 0 Å². The zero-order valence-electron chi connectivity index (χ0n) is 16.9. The molecule has 2 aromatic carbocycles. The maximum atomic E-state index is 13.2. The number of aromatic nitrogens is 5. The van der Waals surface area contributed by atoms with Crippen molar-refractivity contribution in [2.45, 2.75) is 33.1 Å². The SMILES string of the molecule is CCN(CC)CCn1c(Cn2nnc3ccccc32)nc2cc(C(F)(F)F)ccc21. The maximum absolute atomic E-state index is 13.2. The first-order valence-electron chi connectivity index (χ1n) is 9.97. The van der Waals surface area contributed by atoms with Crippen molar-refractivity contribution >= 4 is 22.1 Å². The van der Waals surface area contributed by atoms with Crippen LogP contribution >= 0.6 is 0 Å². The van der Waals surface area contributed by atoms with Crippen LogP contribution in [0.1, 0.15) is 25.2 Å². The van der Waals surface area contributed by atoms with E-state index in [2.05, 4.69) is 34.0 Å². The minimum absolute atomic E-state index is 0.328. The molecule has 9 heteroatoms. The molecule has 0 aliphatic heterocycles. The Balaban J connectivity index is 1.76. The highest BCUT2D eigenvalue weighted by Gasteiger charge is 2.31. The fourth-order valence-electron chi connectivity index (χ4n) is 3.68. The molecule has 4 rings (SSSR count). The fourth-order valence-corrected chi connectivity index (χ4v) is 3.68. The highest BCUT2D eigenvalue weighted by Crippen LogP contribution is 2.31. The van der Waals surface area contributed by atoms with E-state index < -0.39 is 11.7 Å². The van der Waals surface area contributed by atoms with Crippen LogP contribution in [0.3, 0.4) is 0 Å². The first-order chi connectivity index (χ1) is 14.4. The first-order valence-corrected chi connectivity index (χ1v) is 9.97. The number of nitrogens with zero attached hydrogens (tertiary/aromatic N) is 6. The highest BCUT2D eigenvalue weighted by molar-refractivity contribution is 5.77. The van der Waals surface area contributed by atoms with Crippen LogP contribution in [0.2, 0.25) is 0 Å². The third kappa shape index (κ3) is 3.89. The van der Waals surface area contributed by atoms with Gasteiger partial charge in [0.05, 0.1) is 22.1 Å². The molecule has 0 fully saturated rings. The number of imidazole rings is 1. The molecule has 2 heterocycles. The van der Waals surface area contributed by atoms with E-state index in [0.717, 1.165) is 42.8 Å². The largest absolute Gasteiger partial charge is 0.416 e. The van der Waals surface area contributed by atoms with Gasteiger partial charge in [-0.05, 0) is 43.4 Å². The Morgan fingerprint density at radius 3 is 2.47 bits per heavy atom. The Bertz CT molecular complexity index is 1160. The predicted octanol–water partition coefficient (Wildman–Crippen LogP) is 4.19. The number of hydrogen-bond donors (Lipinski definition) is 0. The van der Waals surface area contributed by atoms with Crippen molar-refractivity contribution in [2.24, 2.45) is 0 Å². The van der Waals surface area contributed by atoms with Gasteiger partial charge in [0.2, 0.25) is 0 Å². The third-order valence-corrected chi connectivity index (χ3v) is 5.40. The lowest BCUT2D eigenvalue weighted by molar-refractivity contribution is -0.137. The molecule has 0 aliphatic carbocycles. The summed E-state index contributed by atoms with van der Waals surface area (Å²) in [6, 6.07) is 11.3. The Morgan fingerprint density at radius 2 is 1.73 bits per heavy atom. The van der Waals surface area contributed by atoms with Gasteiger partial charge in [0.15, 0.2) is 0 Å². The lowest BCUT2D eigenvalue weighted by atomic mass is 10.2. The van der Waals surface area contributed by atoms with Crippen LogP contribution in [-0.2, 0) is 19.3 Å². The van der Waals surface area contributed by atoms with E-state index in [1.165, 1.54) is 6.07 Å². The molecule has 158 valence electrons. The summed E-state index contributed by atoms with van der Waals surface area (Å²) in [5.74, 6) is 0.659. The molecular weight excluding hydrogens is 393 g/mol. The average molecular weight is 416 g/mol. The van der Waals surface area contributed by atoms with Crippen molar-refractivity contribution in [1.82, 2.24) is 29.4 Å². The Morgan fingerprint density at radius 1 is 0.967 bits per heavy atom. The number of fused-ring (bicyclic) bond motifs is 2. The number of benzene rings is 2. The summed E-state index contributed by atoms with van der Waals surface area (Å²) in [6.45, 7) is 7.74. The number of rotatable bonds is 7. The van der Waals surface area contributed by atoms with Crippen LogP contribution in [0, 0.1) is 0 Å². The van der Waals surface area contributed by atoms with Gasteiger partial charge in [-0.1, -0.05) is 31.2 Å².